The Morgan fingerprint density at radius 3 is 1.88 bits per heavy atom. The van der Waals surface area contributed by atoms with Gasteiger partial charge in [0.15, 0.2) is 0 Å². The number of hydrogen-bond acceptors (Lipinski definition) is 3. The number of allylic oxidation sites excluding steroid dienone is 1. The number of carbonyl (C=O) groups is 1. The molecule has 2 aromatic carbocycles. The highest BCUT2D eigenvalue weighted by Gasteiger charge is 2.14. The van der Waals surface area contributed by atoms with Crippen LogP contribution in [-0.4, -0.2) is 5.12 Å². The molecule has 0 atom stereocenters. The number of benzene rings is 2. The molecule has 0 aliphatic rings. The molecule has 0 N–H and O–H groups in total. The van der Waals surface area contributed by atoms with E-state index in [2.05, 4.69) is 26.0 Å². The topological polar surface area (TPSA) is 17.1 Å². The Bertz CT molecular complexity index is 675. The molecule has 0 spiro atoms. The van der Waals surface area contributed by atoms with Crippen LogP contribution in [0.1, 0.15) is 33.6 Å². The van der Waals surface area contributed by atoms with Gasteiger partial charge in [-0.2, -0.15) is 0 Å². The lowest BCUT2D eigenvalue weighted by Gasteiger charge is -2.13. The molecule has 0 heterocycles. The van der Waals surface area contributed by atoms with Crippen molar-refractivity contribution in [1.29, 1.82) is 0 Å². The molecule has 126 valence electrons. The summed E-state index contributed by atoms with van der Waals surface area (Å²) in [6, 6.07) is 20.2. The molecule has 24 heavy (non-hydrogen) atoms. The minimum atomic E-state index is 0.142. The van der Waals surface area contributed by atoms with E-state index in [1.807, 2.05) is 55.5 Å². The van der Waals surface area contributed by atoms with E-state index in [1.165, 1.54) is 21.6 Å². The molecule has 0 aliphatic heterocycles. The molecule has 0 saturated carbocycles. The fraction of sp³-hybridized carbons (Fsp3) is 0.286. The van der Waals surface area contributed by atoms with Crippen molar-refractivity contribution in [2.45, 2.75) is 43.4 Å². The molecule has 3 heteroatoms. The molecule has 1 nitrogen and oxygen atoms in total. The summed E-state index contributed by atoms with van der Waals surface area (Å²) in [4.78, 5) is 16.0. The van der Waals surface area contributed by atoms with Gasteiger partial charge in [0.05, 0.1) is 0 Å². The number of hydrogen-bond donors (Lipinski definition) is 0. The summed E-state index contributed by atoms with van der Waals surface area (Å²) in [5.74, 6) is 0.626. The Hall–Kier alpha value is -1.45. The van der Waals surface area contributed by atoms with Gasteiger partial charge in [0.25, 0.3) is 0 Å². The first-order valence-corrected chi connectivity index (χ1v) is 9.89. The van der Waals surface area contributed by atoms with E-state index in [0.29, 0.717) is 5.92 Å². The van der Waals surface area contributed by atoms with Gasteiger partial charge in [-0.1, -0.05) is 62.0 Å². The maximum atomic E-state index is 12.7. The van der Waals surface area contributed by atoms with Crippen molar-refractivity contribution in [2.24, 2.45) is 5.92 Å². The van der Waals surface area contributed by atoms with E-state index < -0.39 is 0 Å². The molecular weight excluding hydrogens is 332 g/mol. The van der Waals surface area contributed by atoms with Crippen molar-refractivity contribution in [3.05, 3.63) is 71.1 Å². The van der Waals surface area contributed by atoms with Crippen LogP contribution in [0.4, 0.5) is 0 Å². The van der Waals surface area contributed by atoms with Crippen LogP contribution < -0.4 is 0 Å². The number of thioether (sulfide) groups is 2. The fourth-order valence-corrected chi connectivity index (χ4v) is 4.04. The smallest absolute Gasteiger partial charge is 0.220 e. The summed E-state index contributed by atoms with van der Waals surface area (Å²) in [5, 5.41) is 0.142. The van der Waals surface area contributed by atoms with Crippen molar-refractivity contribution in [2.75, 3.05) is 0 Å². The van der Waals surface area contributed by atoms with Crippen LogP contribution in [0, 0.1) is 5.92 Å². The molecule has 0 saturated heterocycles. The van der Waals surface area contributed by atoms with E-state index >= 15 is 0 Å². The molecule has 0 aliphatic carbocycles. The lowest BCUT2D eigenvalue weighted by molar-refractivity contribution is -0.107. The quantitative estimate of drug-likeness (QED) is 0.401. The van der Waals surface area contributed by atoms with Crippen molar-refractivity contribution < 1.29 is 4.79 Å². The Balaban J connectivity index is 2.18. The van der Waals surface area contributed by atoms with Gasteiger partial charge >= 0.3 is 0 Å². The maximum absolute atomic E-state index is 12.7. The normalized spacial score (nSPS) is 12.2. The van der Waals surface area contributed by atoms with Crippen LogP contribution >= 0.6 is 23.5 Å². The highest BCUT2D eigenvalue weighted by Crippen LogP contribution is 2.35. The van der Waals surface area contributed by atoms with E-state index in [-0.39, 0.29) is 5.12 Å². The summed E-state index contributed by atoms with van der Waals surface area (Å²) in [7, 11) is 0. The van der Waals surface area contributed by atoms with Crippen LogP contribution in [0.25, 0.3) is 0 Å². The van der Waals surface area contributed by atoms with E-state index in [9.17, 15) is 4.79 Å². The van der Waals surface area contributed by atoms with Crippen LogP contribution in [-0.2, 0) is 4.79 Å². The van der Waals surface area contributed by atoms with Gasteiger partial charge < -0.3 is 0 Å². The first kappa shape index (κ1) is 18.9. The van der Waals surface area contributed by atoms with E-state index in [0.717, 1.165) is 23.3 Å². The SMILES string of the molecule is C/C(C(=O)Sc1ccccc1)=C(\CCC(C)C)Sc1ccccc1. The van der Waals surface area contributed by atoms with Gasteiger partial charge in [-0.25, -0.2) is 0 Å². The molecule has 2 aromatic rings. The standard InChI is InChI=1S/C21H24OS2/c1-16(2)14-15-20(23-18-10-6-4-7-11-18)17(3)21(22)24-19-12-8-5-9-13-19/h4-13,16H,14-15H2,1-3H3/b20-17-. The third kappa shape index (κ3) is 6.21. The molecule has 0 amide bonds. The third-order valence-electron chi connectivity index (χ3n) is 3.61. The molecular formula is C21H24OS2. The zero-order chi connectivity index (χ0) is 17.4. The van der Waals surface area contributed by atoms with Crippen molar-refractivity contribution in [1.82, 2.24) is 0 Å². The zero-order valence-corrected chi connectivity index (χ0v) is 16.1. The van der Waals surface area contributed by atoms with Gasteiger partial charge in [0.2, 0.25) is 5.12 Å². The second-order valence-corrected chi connectivity index (χ2v) is 8.31. The largest absolute Gasteiger partial charge is 0.282 e. The van der Waals surface area contributed by atoms with Crippen LogP contribution in [0.2, 0.25) is 0 Å². The van der Waals surface area contributed by atoms with Gasteiger partial charge in [-0.15, -0.1) is 0 Å². The first-order valence-electron chi connectivity index (χ1n) is 8.26. The molecule has 0 radical (unpaired) electrons. The third-order valence-corrected chi connectivity index (χ3v) is 5.88. The highest BCUT2D eigenvalue weighted by molar-refractivity contribution is 8.14. The Morgan fingerprint density at radius 2 is 1.38 bits per heavy atom. The second-order valence-electron chi connectivity index (χ2n) is 6.10. The van der Waals surface area contributed by atoms with Gasteiger partial charge in [-0.05, 0) is 66.6 Å². The molecule has 0 unspecified atom stereocenters. The van der Waals surface area contributed by atoms with Gasteiger partial charge in [0, 0.05) is 15.4 Å². The molecule has 0 aromatic heterocycles. The van der Waals surface area contributed by atoms with Crippen LogP contribution in [0.15, 0.2) is 80.9 Å². The number of rotatable bonds is 7. The fourth-order valence-electron chi connectivity index (χ4n) is 2.15. The van der Waals surface area contributed by atoms with E-state index in [4.69, 9.17) is 0 Å². The molecule has 0 fully saturated rings. The summed E-state index contributed by atoms with van der Waals surface area (Å²) >= 11 is 3.04. The van der Waals surface area contributed by atoms with Crippen molar-refractivity contribution >= 4 is 28.6 Å². The summed E-state index contributed by atoms with van der Waals surface area (Å²) in [6.07, 6.45) is 2.04. The van der Waals surface area contributed by atoms with Crippen molar-refractivity contribution in [3.8, 4) is 0 Å². The summed E-state index contributed by atoms with van der Waals surface area (Å²) < 4.78 is 0. The van der Waals surface area contributed by atoms with Gasteiger partial charge in [-0.3, -0.25) is 4.79 Å². The first-order chi connectivity index (χ1) is 11.6. The lowest BCUT2D eigenvalue weighted by atomic mass is 10.1. The van der Waals surface area contributed by atoms with Crippen LogP contribution in [0.3, 0.4) is 0 Å². The monoisotopic (exact) mass is 356 g/mol. The lowest BCUT2D eigenvalue weighted by Crippen LogP contribution is -1.99. The predicted molar refractivity (Wildman–Crippen MR) is 106 cm³/mol. The Morgan fingerprint density at radius 1 is 0.875 bits per heavy atom. The molecule has 2 rings (SSSR count). The molecule has 0 bridgehead atoms. The summed E-state index contributed by atoms with van der Waals surface area (Å²) in [6.45, 7) is 6.41. The zero-order valence-electron chi connectivity index (χ0n) is 14.5. The van der Waals surface area contributed by atoms with E-state index in [1.54, 1.807) is 11.8 Å². The Labute approximate surface area is 153 Å². The van der Waals surface area contributed by atoms with Crippen molar-refractivity contribution in [3.63, 3.8) is 0 Å². The highest BCUT2D eigenvalue weighted by atomic mass is 32.2. The summed E-state index contributed by atoms with van der Waals surface area (Å²) in [5.41, 5.74) is 0.873. The average Bonchev–Trinajstić information content (AvgIpc) is 2.59. The average molecular weight is 357 g/mol. The Kier molecular flexibility index (Phi) is 7.67. The maximum Gasteiger partial charge on any atom is 0.220 e. The van der Waals surface area contributed by atoms with Crippen LogP contribution in [0.5, 0.6) is 0 Å². The minimum Gasteiger partial charge on any atom is -0.282 e. The number of carbonyl (C=O) groups excluding carboxylic acids is 1. The van der Waals surface area contributed by atoms with Gasteiger partial charge in [0.1, 0.15) is 0 Å². The minimum absolute atomic E-state index is 0.142. The second kappa shape index (κ2) is 9.75. The predicted octanol–water partition coefficient (Wildman–Crippen LogP) is 6.81.